The van der Waals surface area contributed by atoms with Gasteiger partial charge in [-0.15, -0.1) is 0 Å². The molecule has 0 aromatic heterocycles. The van der Waals surface area contributed by atoms with Crippen LogP contribution in [0.15, 0.2) is 46.9 Å². The van der Waals surface area contributed by atoms with E-state index >= 15 is 0 Å². The Hall–Kier alpha value is -0.870. The topological polar surface area (TPSA) is 9.23 Å². The molecule has 0 aliphatic rings. The average molecular weight is 416 g/mol. The third-order valence-corrected chi connectivity index (χ3v) is 4.91. The average Bonchev–Trinajstić information content (AvgIpc) is 2.47. The molecule has 1 nitrogen and oxygen atoms in total. The highest BCUT2D eigenvalue weighted by Gasteiger charge is 2.11. The summed E-state index contributed by atoms with van der Waals surface area (Å²) >= 11 is 7.08. The van der Waals surface area contributed by atoms with Gasteiger partial charge < -0.3 is 4.74 Å². The van der Waals surface area contributed by atoms with Crippen molar-refractivity contribution in [2.45, 2.75) is 12.8 Å². The lowest BCUT2D eigenvalue weighted by molar-refractivity contribution is 0.412. The second-order valence-electron chi connectivity index (χ2n) is 5.03. The highest BCUT2D eigenvalue weighted by Crippen LogP contribution is 2.27. The fourth-order valence-corrected chi connectivity index (χ4v) is 3.39. The fraction of sp³-hybridized carbons (Fsp3) is 0.294. The van der Waals surface area contributed by atoms with E-state index in [-0.39, 0.29) is 5.82 Å². The SMILES string of the molecule is COc1ccc(CC(CBr)Cc2cccc(F)c2)cc1Br. The maximum absolute atomic E-state index is 13.3. The molecule has 21 heavy (non-hydrogen) atoms. The van der Waals surface area contributed by atoms with Crippen molar-refractivity contribution in [2.24, 2.45) is 5.92 Å². The monoisotopic (exact) mass is 414 g/mol. The first kappa shape index (κ1) is 16.5. The molecular weight excluding hydrogens is 399 g/mol. The molecule has 0 aliphatic heterocycles. The molecule has 0 N–H and O–H groups in total. The number of hydrogen-bond acceptors (Lipinski definition) is 1. The molecule has 112 valence electrons. The molecule has 0 bridgehead atoms. The van der Waals surface area contributed by atoms with Crippen molar-refractivity contribution < 1.29 is 9.13 Å². The zero-order valence-electron chi connectivity index (χ0n) is 11.8. The summed E-state index contributed by atoms with van der Waals surface area (Å²) in [5, 5.41) is 0.882. The van der Waals surface area contributed by atoms with Crippen molar-refractivity contribution >= 4 is 31.9 Å². The van der Waals surface area contributed by atoms with E-state index in [1.165, 1.54) is 11.6 Å². The van der Waals surface area contributed by atoms with E-state index < -0.39 is 0 Å². The van der Waals surface area contributed by atoms with Crippen LogP contribution >= 0.6 is 31.9 Å². The lowest BCUT2D eigenvalue weighted by Crippen LogP contribution is -2.10. The van der Waals surface area contributed by atoms with Gasteiger partial charge in [-0.1, -0.05) is 34.1 Å². The Morgan fingerprint density at radius 1 is 1.10 bits per heavy atom. The summed E-state index contributed by atoms with van der Waals surface area (Å²) in [6, 6.07) is 13.0. The van der Waals surface area contributed by atoms with Crippen LogP contribution in [0.4, 0.5) is 4.39 Å². The van der Waals surface area contributed by atoms with Crippen LogP contribution in [0, 0.1) is 11.7 Å². The predicted molar refractivity (Wildman–Crippen MR) is 91.8 cm³/mol. The van der Waals surface area contributed by atoms with Crippen LogP contribution in [0.1, 0.15) is 11.1 Å². The Balaban J connectivity index is 2.07. The molecule has 1 unspecified atom stereocenters. The van der Waals surface area contributed by atoms with Crippen LogP contribution < -0.4 is 4.74 Å². The number of halogens is 3. The molecule has 2 aromatic carbocycles. The van der Waals surface area contributed by atoms with E-state index in [1.807, 2.05) is 12.1 Å². The van der Waals surface area contributed by atoms with Gasteiger partial charge in [0.2, 0.25) is 0 Å². The summed E-state index contributed by atoms with van der Waals surface area (Å²) in [6.07, 6.45) is 1.79. The van der Waals surface area contributed by atoms with Gasteiger partial charge in [-0.3, -0.25) is 0 Å². The van der Waals surface area contributed by atoms with E-state index in [1.54, 1.807) is 19.2 Å². The lowest BCUT2D eigenvalue weighted by Gasteiger charge is -2.15. The van der Waals surface area contributed by atoms with Gasteiger partial charge in [0.05, 0.1) is 11.6 Å². The third kappa shape index (κ3) is 4.82. The van der Waals surface area contributed by atoms with Crippen LogP contribution in [-0.4, -0.2) is 12.4 Å². The van der Waals surface area contributed by atoms with Gasteiger partial charge >= 0.3 is 0 Å². The Bertz CT molecular complexity index is 601. The van der Waals surface area contributed by atoms with Crippen molar-refractivity contribution in [1.82, 2.24) is 0 Å². The minimum Gasteiger partial charge on any atom is -0.496 e. The largest absolute Gasteiger partial charge is 0.496 e. The molecule has 0 radical (unpaired) electrons. The van der Waals surface area contributed by atoms with Gasteiger partial charge in [-0.2, -0.15) is 0 Å². The predicted octanol–water partition coefficient (Wildman–Crippen LogP) is 5.39. The molecule has 0 heterocycles. The van der Waals surface area contributed by atoms with E-state index in [9.17, 15) is 4.39 Å². The van der Waals surface area contributed by atoms with Gasteiger partial charge in [0.15, 0.2) is 0 Å². The summed E-state index contributed by atoms with van der Waals surface area (Å²) in [4.78, 5) is 0. The quantitative estimate of drug-likeness (QED) is 0.574. The van der Waals surface area contributed by atoms with Gasteiger partial charge in [0, 0.05) is 5.33 Å². The minimum absolute atomic E-state index is 0.173. The first-order valence-electron chi connectivity index (χ1n) is 6.75. The van der Waals surface area contributed by atoms with Crippen LogP contribution in [-0.2, 0) is 12.8 Å². The van der Waals surface area contributed by atoms with E-state index in [0.29, 0.717) is 5.92 Å². The molecule has 0 aliphatic carbocycles. The van der Waals surface area contributed by atoms with Crippen molar-refractivity contribution in [3.05, 3.63) is 63.9 Å². The van der Waals surface area contributed by atoms with Crippen molar-refractivity contribution in [1.29, 1.82) is 0 Å². The van der Waals surface area contributed by atoms with Crippen LogP contribution in [0.2, 0.25) is 0 Å². The van der Waals surface area contributed by atoms with Crippen molar-refractivity contribution in [3.8, 4) is 5.75 Å². The third-order valence-electron chi connectivity index (χ3n) is 3.37. The van der Waals surface area contributed by atoms with Crippen molar-refractivity contribution in [2.75, 3.05) is 12.4 Å². The Labute approximate surface area is 141 Å². The van der Waals surface area contributed by atoms with Crippen LogP contribution in [0.5, 0.6) is 5.75 Å². The van der Waals surface area contributed by atoms with Gasteiger partial charge in [-0.05, 0) is 70.1 Å². The van der Waals surface area contributed by atoms with E-state index in [4.69, 9.17) is 4.74 Å². The number of methoxy groups -OCH3 is 1. The van der Waals surface area contributed by atoms with Crippen molar-refractivity contribution in [3.63, 3.8) is 0 Å². The molecule has 0 fully saturated rings. The molecule has 2 rings (SSSR count). The summed E-state index contributed by atoms with van der Waals surface area (Å²) in [5.41, 5.74) is 2.27. The highest BCUT2D eigenvalue weighted by molar-refractivity contribution is 9.10. The maximum Gasteiger partial charge on any atom is 0.133 e. The first-order chi connectivity index (χ1) is 10.1. The number of benzene rings is 2. The first-order valence-corrected chi connectivity index (χ1v) is 8.66. The Morgan fingerprint density at radius 3 is 2.38 bits per heavy atom. The maximum atomic E-state index is 13.3. The normalized spacial score (nSPS) is 12.2. The second-order valence-corrected chi connectivity index (χ2v) is 6.53. The molecule has 0 saturated heterocycles. The van der Waals surface area contributed by atoms with Crippen LogP contribution in [0.25, 0.3) is 0 Å². The Morgan fingerprint density at radius 2 is 1.81 bits per heavy atom. The highest BCUT2D eigenvalue weighted by atomic mass is 79.9. The molecule has 0 amide bonds. The summed E-state index contributed by atoms with van der Waals surface area (Å²) in [7, 11) is 1.66. The van der Waals surface area contributed by atoms with Crippen LogP contribution in [0.3, 0.4) is 0 Å². The molecular formula is C17H17Br2FO. The van der Waals surface area contributed by atoms with E-state index in [0.717, 1.165) is 34.0 Å². The Kier molecular flexibility index (Phi) is 6.24. The molecule has 0 spiro atoms. The number of alkyl halides is 1. The molecule has 2 aromatic rings. The second kappa shape index (κ2) is 7.95. The number of rotatable bonds is 6. The van der Waals surface area contributed by atoms with Gasteiger partial charge in [0.25, 0.3) is 0 Å². The zero-order valence-corrected chi connectivity index (χ0v) is 15.0. The zero-order chi connectivity index (χ0) is 15.2. The number of hydrogen-bond donors (Lipinski definition) is 0. The lowest BCUT2D eigenvalue weighted by atomic mass is 9.94. The standard InChI is InChI=1S/C17H17Br2FO/c1-21-17-6-5-13(10-16(17)19)8-14(11-18)7-12-3-2-4-15(20)9-12/h2-6,9-10,14H,7-8,11H2,1H3. The summed E-state index contributed by atoms with van der Waals surface area (Å²) in [5.74, 6) is 1.08. The van der Waals surface area contributed by atoms with Gasteiger partial charge in [0.1, 0.15) is 11.6 Å². The minimum atomic E-state index is -0.173. The smallest absolute Gasteiger partial charge is 0.133 e. The number of ether oxygens (including phenoxy) is 1. The molecule has 4 heteroatoms. The summed E-state index contributed by atoms with van der Waals surface area (Å²) in [6.45, 7) is 0. The molecule has 0 saturated carbocycles. The summed E-state index contributed by atoms with van der Waals surface area (Å²) < 4.78 is 19.5. The van der Waals surface area contributed by atoms with Gasteiger partial charge in [-0.25, -0.2) is 4.39 Å². The van der Waals surface area contributed by atoms with E-state index in [2.05, 4.69) is 44.0 Å². The molecule has 1 atom stereocenters. The fourth-order valence-electron chi connectivity index (χ4n) is 2.35.